The molecule has 5 nitrogen and oxygen atoms in total. The summed E-state index contributed by atoms with van der Waals surface area (Å²) in [7, 11) is 1.80. The van der Waals surface area contributed by atoms with Crippen molar-refractivity contribution in [2.24, 2.45) is 13.0 Å². The summed E-state index contributed by atoms with van der Waals surface area (Å²) in [5, 5.41) is 5.63. The fourth-order valence-corrected chi connectivity index (χ4v) is 2.43. The van der Waals surface area contributed by atoms with Gasteiger partial charge >= 0.3 is 0 Å². The van der Waals surface area contributed by atoms with Gasteiger partial charge in [0.1, 0.15) is 5.69 Å². The van der Waals surface area contributed by atoms with Gasteiger partial charge in [0.15, 0.2) is 0 Å². The van der Waals surface area contributed by atoms with Crippen molar-refractivity contribution in [3.8, 4) is 0 Å². The van der Waals surface area contributed by atoms with Crippen LogP contribution in [0.25, 0.3) is 0 Å². The number of hydrogen-bond donors (Lipinski definition) is 2. The minimum absolute atomic E-state index is 0.0603. The number of aryl methyl sites for hydroxylation is 1. The number of rotatable bonds is 4. The van der Waals surface area contributed by atoms with Crippen LogP contribution in [0.15, 0.2) is 41.0 Å². The van der Waals surface area contributed by atoms with Crippen LogP contribution >= 0.6 is 15.9 Å². The Bertz CT molecular complexity index is 707. The predicted octanol–water partition coefficient (Wildman–Crippen LogP) is 3.63. The number of carbonyl (C=O) groups excluding carboxylic acids is 2. The summed E-state index contributed by atoms with van der Waals surface area (Å²) in [6.45, 7) is 3.66. The van der Waals surface area contributed by atoms with Gasteiger partial charge in [0.05, 0.1) is 0 Å². The zero-order chi connectivity index (χ0) is 16.3. The predicted molar refractivity (Wildman–Crippen MR) is 91.0 cm³/mol. The maximum Gasteiger partial charge on any atom is 0.272 e. The highest BCUT2D eigenvalue weighted by molar-refractivity contribution is 9.10. The van der Waals surface area contributed by atoms with Crippen molar-refractivity contribution >= 4 is 39.1 Å². The number of hydrogen-bond acceptors (Lipinski definition) is 2. The first kappa shape index (κ1) is 16.3. The lowest BCUT2D eigenvalue weighted by atomic mass is 10.2. The summed E-state index contributed by atoms with van der Waals surface area (Å²) in [4.78, 5) is 24.0. The molecule has 1 aromatic heterocycles. The second-order valence-electron chi connectivity index (χ2n) is 5.33. The lowest BCUT2D eigenvalue weighted by molar-refractivity contribution is -0.118. The van der Waals surface area contributed by atoms with Crippen LogP contribution < -0.4 is 10.6 Å². The van der Waals surface area contributed by atoms with E-state index < -0.39 is 0 Å². The molecule has 0 aliphatic rings. The number of benzene rings is 1. The fraction of sp³-hybridized carbons (Fsp3) is 0.250. The number of nitrogens with one attached hydrogen (secondary N) is 2. The molecule has 0 bridgehead atoms. The van der Waals surface area contributed by atoms with E-state index in [9.17, 15) is 9.59 Å². The molecular weight excluding hydrogens is 346 g/mol. The van der Waals surface area contributed by atoms with Crippen LogP contribution in [0.3, 0.4) is 0 Å². The average Bonchev–Trinajstić information content (AvgIpc) is 2.78. The molecule has 0 unspecified atom stereocenters. The van der Waals surface area contributed by atoms with E-state index in [1.165, 1.54) is 0 Å². The second kappa shape index (κ2) is 6.79. The maximum absolute atomic E-state index is 12.2. The first-order valence-electron chi connectivity index (χ1n) is 6.91. The van der Waals surface area contributed by atoms with E-state index in [-0.39, 0.29) is 17.7 Å². The molecule has 2 rings (SSSR count). The van der Waals surface area contributed by atoms with Crippen LogP contribution in [0.5, 0.6) is 0 Å². The largest absolute Gasteiger partial charge is 0.345 e. The van der Waals surface area contributed by atoms with E-state index in [1.54, 1.807) is 41.9 Å². The molecule has 0 saturated heterocycles. The summed E-state index contributed by atoms with van der Waals surface area (Å²) >= 11 is 3.34. The Labute approximate surface area is 137 Å². The summed E-state index contributed by atoms with van der Waals surface area (Å²) in [5.41, 5.74) is 1.83. The Balaban J connectivity index is 2.12. The van der Waals surface area contributed by atoms with E-state index in [2.05, 4.69) is 26.6 Å². The van der Waals surface area contributed by atoms with E-state index in [0.717, 1.165) is 4.47 Å². The highest BCUT2D eigenvalue weighted by Gasteiger charge is 2.12. The van der Waals surface area contributed by atoms with Crippen LogP contribution in [-0.2, 0) is 11.8 Å². The molecule has 1 heterocycles. The quantitative estimate of drug-likeness (QED) is 0.870. The number of halogens is 1. The maximum atomic E-state index is 12.2. The summed E-state index contributed by atoms with van der Waals surface area (Å²) < 4.78 is 2.59. The van der Waals surface area contributed by atoms with Crippen LogP contribution in [0.2, 0.25) is 0 Å². The van der Waals surface area contributed by atoms with Crippen molar-refractivity contribution in [1.82, 2.24) is 4.57 Å². The molecule has 6 heteroatoms. The Kier molecular flexibility index (Phi) is 5.03. The second-order valence-corrected chi connectivity index (χ2v) is 6.25. The number of anilines is 2. The first-order valence-corrected chi connectivity index (χ1v) is 7.70. The lowest BCUT2D eigenvalue weighted by Gasteiger charge is -2.10. The van der Waals surface area contributed by atoms with Crippen LogP contribution in [0.4, 0.5) is 11.4 Å². The third-order valence-electron chi connectivity index (χ3n) is 3.12. The van der Waals surface area contributed by atoms with E-state index in [0.29, 0.717) is 17.1 Å². The Morgan fingerprint density at radius 3 is 2.32 bits per heavy atom. The van der Waals surface area contributed by atoms with Crippen molar-refractivity contribution in [3.05, 3.63) is 46.7 Å². The number of aromatic nitrogens is 1. The topological polar surface area (TPSA) is 63.1 Å². The highest BCUT2D eigenvalue weighted by atomic mass is 79.9. The molecule has 2 amide bonds. The molecule has 0 atom stereocenters. The molecule has 0 spiro atoms. The molecule has 1 aromatic carbocycles. The molecule has 116 valence electrons. The van der Waals surface area contributed by atoms with E-state index >= 15 is 0 Å². The minimum atomic E-state index is -0.208. The van der Waals surface area contributed by atoms with Gasteiger partial charge in [-0.25, -0.2) is 0 Å². The molecule has 2 aromatic rings. The van der Waals surface area contributed by atoms with Gasteiger partial charge in [-0.15, -0.1) is 0 Å². The Morgan fingerprint density at radius 1 is 1.14 bits per heavy atom. The molecule has 0 saturated carbocycles. The van der Waals surface area contributed by atoms with Crippen LogP contribution in [0.1, 0.15) is 24.3 Å². The van der Waals surface area contributed by atoms with Gasteiger partial charge in [0.2, 0.25) is 5.91 Å². The molecule has 0 aliphatic carbocycles. The van der Waals surface area contributed by atoms with Gasteiger partial charge < -0.3 is 15.2 Å². The third kappa shape index (κ3) is 3.98. The van der Waals surface area contributed by atoms with Crippen LogP contribution in [0, 0.1) is 5.92 Å². The Hall–Kier alpha value is -2.08. The first-order chi connectivity index (χ1) is 10.4. The average molecular weight is 364 g/mol. The van der Waals surface area contributed by atoms with Crippen molar-refractivity contribution in [3.63, 3.8) is 0 Å². The number of nitrogens with zero attached hydrogens (tertiary/aromatic N) is 1. The lowest BCUT2D eigenvalue weighted by Crippen LogP contribution is -2.18. The zero-order valence-electron chi connectivity index (χ0n) is 12.7. The SMILES string of the molecule is CC(C)C(=O)Nc1cccc(NC(=O)c2cc(Br)cn2C)c1. The van der Waals surface area contributed by atoms with Crippen molar-refractivity contribution in [1.29, 1.82) is 0 Å². The summed E-state index contributed by atoms with van der Waals surface area (Å²) in [6.07, 6.45) is 1.81. The van der Waals surface area contributed by atoms with Crippen molar-refractivity contribution in [2.75, 3.05) is 10.6 Å². The monoisotopic (exact) mass is 363 g/mol. The van der Waals surface area contributed by atoms with Crippen molar-refractivity contribution in [2.45, 2.75) is 13.8 Å². The van der Waals surface area contributed by atoms with Gasteiger partial charge in [-0.3, -0.25) is 9.59 Å². The van der Waals surface area contributed by atoms with Crippen molar-refractivity contribution < 1.29 is 9.59 Å². The van der Waals surface area contributed by atoms with Crippen LogP contribution in [-0.4, -0.2) is 16.4 Å². The standard InChI is InChI=1S/C16H18BrN3O2/c1-10(2)15(21)18-12-5-4-6-13(8-12)19-16(22)14-7-11(17)9-20(14)3/h4-10H,1-3H3,(H,18,21)(H,19,22). The smallest absolute Gasteiger partial charge is 0.272 e. The highest BCUT2D eigenvalue weighted by Crippen LogP contribution is 2.18. The third-order valence-corrected chi connectivity index (χ3v) is 3.55. The summed E-state index contributed by atoms with van der Waals surface area (Å²) in [6, 6.07) is 8.83. The van der Waals surface area contributed by atoms with Gasteiger partial charge in [-0.05, 0) is 40.2 Å². The molecule has 0 fully saturated rings. The number of amides is 2. The molecule has 22 heavy (non-hydrogen) atoms. The molecular formula is C16H18BrN3O2. The zero-order valence-corrected chi connectivity index (χ0v) is 14.3. The normalized spacial score (nSPS) is 10.6. The van der Waals surface area contributed by atoms with Gasteiger partial charge in [-0.2, -0.15) is 0 Å². The van der Waals surface area contributed by atoms with Gasteiger partial charge in [-0.1, -0.05) is 19.9 Å². The van der Waals surface area contributed by atoms with Gasteiger partial charge in [0.25, 0.3) is 5.91 Å². The summed E-state index contributed by atoms with van der Waals surface area (Å²) in [5.74, 6) is -0.366. The minimum Gasteiger partial charge on any atom is -0.345 e. The molecule has 0 radical (unpaired) electrons. The van der Waals surface area contributed by atoms with Gasteiger partial charge in [0, 0.05) is 35.0 Å². The molecule has 2 N–H and O–H groups in total. The Morgan fingerprint density at radius 2 is 1.77 bits per heavy atom. The fourth-order valence-electron chi connectivity index (χ4n) is 1.91. The molecule has 0 aliphatic heterocycles. The number of carbonyl (C=O) groups is 2. The van der Waals surface area contributed by atoms with E-state index in [4.69, 9.17) is 0 Å². The van der Waals surface area contributed by atoms with E-state index in [1.807, 2.05) is 20.0 Å².